The zero-order chi connectivity index (χ0) is 13.6. The van der Waals surface area contributed by atoms with E-state index in [4.69, 9.17) is 0 Å². The van der Waals surface area contributed by atoms with Crippen LogP contribution < -0.4 is 0 Å². The Balaban J connectivity index is 2.12. The topological polar surface area (TPSA) is 80.9 Å². The average molecular weight is 258 g/mol. The highest BCUT2D eigenvalue weighted by Gasteiger charge is 2.27. The van der Waals surface area contributed by atoms with E-state index in [1.807, 2.05) is 6.07 Å². The van der Waals surface area contributed by atoms with Crippen LogP contribution in [0.3, 0.4) is 0 Å². The van der Waals surface area contributed by atoms with E-state index in [0.29, 0.717) is 17.2 Å². The van der Waals surface area contributed by atoms with Crippen molar-refractivity contribution in [1.82, 2.24) is 20.0 Å². The van der Waals surface area contributed by atoms with Gasteiger partial charge in [-0.2, -0.15) is 10.2 Å². The highest BCUT2D eigenvalue weighted by atomic mass is 16.4. The number of rotatable bonds is 3. The summed E-state index contributed by atoms with van der Waals surface area (Å²) in [4.78, 5) is 11.4. The predicted molar refractivity (Wildman–Crippen MR) is 67.6 cm³/mol. The van der Waals surface area contributed by atoms with Gasteiger partial charge in [-0.15, -0.1) is 5.10 Å². The van der Waals surface area contributed by atoms with Gasteiger partial charge in [0.25, 0.3) is 0 Å². The molecule has 0 aromatic carbocycles. The summed E-state index contributed by atoms with van der Waals surface area (Å²) >= 11 is 0. The minimum Gasteiger partial charge on any atom is -0.478 e. The minimum atomic E-state index is -1.01. The molecule has 0 saturated heterocycles. The zero-order valence-corrected chi connectivity index (χ0v) is 10.8. The van der Waals surface area contributed by atoms with Crippen LogP contribution in [0.2, 0.25) is 0 Å². The molecule has 2 aromatic heterocycles. The third-order valence-corrected chi connectivity index (χ3v) is 3.47. The summed E-state index contributed by atoms with van der Waals surface area (Å²) in [5.41, 5.74) is 2.41. The molecule has 2 heterocycles. The summed E-state index contributed by atoms with van der Waals surface area (Å²) in [5, 5.41) is 21.7. The molecular weight excluding hydrogens is 244 g/mol. The van der Waals surface area contributed by atoms with Gasteiger partial charge in [-0.05, 0) is 38.3 Å². The SMILES string of the molecule is Cc1nnc(-n2ccc(C3CC3)n2)c(C(=O)O)c1C. The van der Waals surface area contributed by atoms with Crippen molar-refractivity contribution in [1.29, 1.82) is 0 Å². The smallest absolute Gasteiger partial charge is 0.339 e. The molecule has 19 heavy (non-hydrogen) atoms. The molecule has 1 aliphatic rings. The first kappa shape index (κ1) is 11.8. The molecular formula is C13H14N4O2. The fourth-order valence-electron chi connectivity index (χ4n) is 2.07. The van der Waals surface area contributed by atoms with Crippen molar-refractivity contribution >= 4 is 5.97 Å². The van der Waals surface area contributed by atoms with Crippen LogP contribution >= 0.6 is 0 Å². The lowest BCUT2D eigenvalue weighted by Gasteiger charge is -2.08. The summed E-state index contributed by atoms with van der Waals surface area (Å²) in [6.07, 6.45) is 4.06. The molecule has 0 radical (unpaired) electrons. The molecule has 0 aliphatic heterocycles. The Bertz CT molecular complexity index is 659. The van der Waals surface area contributed by atoms with Gasteiger partial charge in [0.05, 0.1) is 11.4 Å². The van der Waals surface area contributed by atoms with Crippen molar-refractivity contribution in [2.75, 3.05) is 0 Å². The van der Waals surface area contributed by atoms with Crippen LogP contribution in [-0.4, -0.2) is 31.1 Å². The average Bonchev–Trinajstić information content (AvgIpc) is 3.10. The fourth-order valence-corrected chi connectivity index (χ4v) is 2.07. The van der Waals surface area contributed by atoms with E-state index in [-0.39, 0.29) is 11.4 Å². The molecule has 1 saturated carbocycles. The molecule has 98 valence electrons. The number of carboxylic acids is 1. The van der Waals surface area contributed by atoms with Crippen LogP contribution in [0.25, 0.3) is 5.82 Å². The Morgan fingerprint density at radius 1 is 1.37 bits per heavy atom. The van der Waals surface area contributed by atoms with Crippen LogP contribution in [0.1, 0.15) is 46.1 Å². The third-order valence-electron chi connectivity index (χ3n) is 3.47. The minimum absolute atomic E-state index is 0.165. The molecule has 1 N–H and O–H groups in total. The van der Waals surface area contributed by atoms with Gasteiger partial charge in [0.2, 0.25) is 0 Å². The fraction of sp³-hybridized carbons (Fsp3) is 0.385. The van der Waals surface area contributed by atoms with Crippen molar-refractivity contribution in [3.8, 4) is 5.82 Å². The summed E-state index contributed by atoms with van der Waals surface area (Å²) < 4.78 is 1.51. The summed E-state index contributed by atoms with van der Waals surface area (Å²) in [7, 11) is 0. The second kappa shape index (κ2) is 4.15. The molecule has 0 amide bonds. The summed E-state index contributed by atoms with van der Waals surface area (Å²) in [6, 6.07) is 1.92. The molecule has 0 spiro atoms. The second-order valence-corrected chi connectivity index (χ2v) is 4.87. The Labute approximate surface area is 110 Å². The lowest BCUT2D eigenvalue weighted by atomic mass is 10.1. The van der Waals surface area contributed by atoms with E-state index in [0.717, 1.165) is 18.5 Å². The maximum absolute atomic E-state index is 11.4. The molecule has 3 rings (SSSR count). The molecule has 1 aliphatic carbocycles. The first-order valence-electron chi connectivity index (χ1n) is 6.21. The molecule has 0 unspecified atom stereocenters. The van der Waals surface area contributed by atoms with Crippen molar-refractivity contribution in [2.24, 2.45) is 0 Å². The lowest BCUT2D eigenvalue weighted by molar-refractivity contribution is 0.0695. The highest BCUT2D eigenvalue weighted by Crippen LogP contribution is 2.39. The van der Waals surface area contributed by atoms with Gasteiger partial charge in [0, 0.05) is 12.1 Å². The van der Waals surface area contributed by atoms with Crippen LogP contribution in [0.4, 0.5) is 0 Å². The van der Waals surface area contributed by atoms with Crippen molar-refractivity contribution in [3.63, 3.8) is 0 Å². The number of hydrogen-bond acceptors (Lipinski definition) is 4. The molecule has 2 aromatic rings. The molecule has 6 nitrogen and oxygen atoms in total. The number of carbonyl (C=O) groups is 1. The van der Waals surface area contributed by atoms with Gasteiger partial charge in [-0.3, -0.25) is 0 Å². The van der Waals surface area contributed by atoms with E-state index in [1.165, 1.54) is 4.68 Å². The van der Waals surface area contributed by atoms with Crippen LogP contribution in [-0.2, 0) is 0 Å². The maximum Gasteiger partial charge on any atom is 0.339 e. The molecule has 1 fully saturated rings. The predicted octanol–water partition coefficient (Wildman–Crippen LogP) is 1.85. The largest absolute Gasteiger partial charge is 0.478 e. The summed E-state index contributed by atoms with van der Waals surface area (Å²) in [5.74, 6) is -0.203. The van der Waals surface area contributed by atoms with E-state index >= 15 is 0 Å². The maximum atomic E-state index is 11.4. The molecule has 0 atom stereocenters. The number of aromatic carboxylic acids is 1. The Morgan fingerprint density at radius 3 is 2.74 bits per heavy atom. The van der Waals surface area contributed by atoms with Gasteiger partial charge in [-0.25, -0.2) is 9.48 Å². The van der Waals surface area contributed by atoms with E-state index in [9.17, 15) is 9.90 Å². The van der Waals surface area contributed by atoms with E-state index in [1.54, 1.807) is 20.0 Å². The monoisotopic (exact) mass is 258 g/mol. The highest BCUT2D eigenvalue weighted by molar-refractivity contribution is 5.92. The number of aromatic nitrogens is 4. The van der Waals surface area contributed by atoms with Crippen molar-refractivity contribution in [3.05, 3.63) is 34.8 Å². The number of carboxylic acid groups (broad SMARTS) is 1. The standard InChI is InChI=1S/C13H14N4O2/c1-7-8(2)14-15-12(11(7)13(18)19)17-6-5-10(16-17)9-3-4-9/h5-6,9H,3-4H2,1-2H3,(H,18,19). The Hall–Kier alpha value is -2.24. The second-order valence-electron chi connectivity index (χ2n) is 4.87. The summed E-state index contributed by atoms with van der Waals surface area (Å²) in [6.45, 7) is 3.49. The number of hydrogen-bond donors (Lipinski definition) is 1. The first-order valence-corrected chi connectivity index (χ1v) is 6.21. The van der Waals surface area contributed by atoms with Gasteiger partial charge in [-0.1, -0.05) is 0 Å². The van der Waals surface area contributed by atoms with Crippen molar-refractivity contribution in [2.45, 2.75) is 32.6 Å². The van der Waals surface area contributed by atoms with Crippen LogP contribution in [0.15, 0.2) is 12.3 Å². The zero-order valence-electron chi connectivity index (χ0n) is 10.8. The van der Waals surface area contributed by atoms with Gasteiger partial charge >= 0.3 is 5.97 Å². The van der Waals surface area contributed by atoms with Crippen LogP contribution in [0.5, 0.6) is 0 Å². The van der Waals surface area contributed by atoms with Gasteiger partial charge in [0.1, 0.15) is 5.56 Å². The number of aryl methyl sites for hydroxylation is 1. The Kier molecular flexibility index (Phi) is 2.58. The number of nitrogens with zero attached hydrogens (tertiary/aromatic N) is 4. The molecule has 0 bridgehead atoms. The normalized spacial score (nSPS) is 14.6. The lowest BCUT2D eigenvalue weighted by Crippen LogP contribution is -2.13. The van der Waals surface area contributed by atoms with Crippen LogP contribution in [0, 0.1) is 13.8 Å². The third kappa shape index (κ3) is 1.99. The quantitative estimate of drug-likeness (QED) is 0.908. The first-order chi connectivity index (χ1) is 9.08. The molecule has 6 heteroatoms. The Morgan fingerprint density at radius 2 is 2.11 bits per heavy atom. The van der Waals surface area contributed by atoms with Crippen molar-refractivity contribution < 1.29 is 9.90 Å². The van der Waals surface area contributed by atoms with E-state index in [2.05, 4.69) is 15.3 Å². The van der Waals surface area contributed by atoms with E-state index < -0.39 is 5.97 Å². The van der Waals surface area contributed by atoms with Gasteiger partial charge in [0.15, 0.2) is 5.82 Å². The van der Waals surface area contributed by atoms with Gasteiger partial charge < -0.3 is 5.11 Å².